The highest BCUT2D eigenvalue weighted by atomic mass is 16.5. The molecule has 6 nitrogen and oxygen atoms in total. The zero-order valence-corrected chi connectivity index (χ0v) is 11.9. The minimum atomic E-state index is -0.0929. The average molecular weight is 287 g/mol. The lowest BCUT2D eigenvalue weighted by molar-refractivity contribution is 0.240. The van der Waals surface area contributed by atoms with Crippen LogP contribution in [0.1, 0.15) is 19.4 Å². The van der Waals surface area contributed by atoms with Crippen LogP contribution < -0.4 is 9.64 Å². The van der Waals surface area contributed by atoms with Crippen LogP contribution in [-0.2, 0) is 6.54 Å². The molecule has 0 atom stereocenters. The van der Waals surface area contributed by atoms with E-state index in [0.29, 0.717) is 12.2 Å². The van der Waals surface area contributed by atoms with Crippen LogP contribution in [0.25, 0.3) is 0 Å². The van der Waals surface area contributed by atoms with E-state index >= 15 is 0 Å². The molecule has 1 aromatic carbocycles. The number of nitrogens with one attached hydrogen (secondary N) is 1. The second-order valence-corrected chi connectivity index (χ2v) is 5.18. The normalized spacial score (nSPS) is 13.6. The SMILES string of the molecule is CC(C)Oc1cccc2c1CN(c1cc(O)[nH]c1O)C=N2. The molecule has 3 rings (SSSR count). The van der Waals surface area contributed by atoms with E-state index in [4.69, 9.17) is 4.74 Å². The van der Waals surface area contributed by atoms with E-state index in [1.165, 1.54) is 6.07 Å². The average Bonchev–Trinajstić information content (AvgIpc) is 2.77. The van der Waals surface area contributed by atoms with E-state index in [9.17, 15) is 10.2 Å². The Labute approximate surface area is 122 Å². The van der Waals surface area contributed by atoms with Crippen LogP contribution in [0.4, 0.5) is 11.4 Å². The molecule has 0 bridgehead atoms. The number of fused-ring (bicyclic) bond motifs is 1. The summed E-state index contributed by atoms with van der Waals surface area (Å²) in [7, 11) is 0. The van der Waals surface area contributed by atoms with Crippen molar-refractivity contribution in [2.75, 3.05) is 4.90 Å². The predicted octanol–water partition coefficient (Wildman–Crippen LogP) is 2.89. The predicted molar refractivity (Wildman–Crippen MR) is 80.7 cm³/mol. The number of aromatic hydroxyl groups is 2. The van der Waals surface area contributed by atoms with Gasteiger partial charge in [0.1, 0.15) is 11.4 Å². The number of rotatable bonds is 3. The van der Waals surface area contributed by atoms with Gasteiger partial charge < -0.3 is 19.8 Å². The van der Waals surface area contributed by atoms with Crippen LogP contribution in [0.5, 0.6) is 17.5 Å². The van der Waals surface area contributed by atoms with E-state index in [1.54, 1.807) is 11.2 Å². The first-order chi connectivity index (χ1) is 10.0. The largest absolute Gasteiger partial charge is 0.494 e. The second kappa shape index (κ2) is 5.05. The van der Waals surface area contributed by atoms with Crippen LogP contribution in [0.15, 0.2) is 29.3 Å². The molecule has 2 heterocycles. The number of hydrogen-bond acceptors (Lipinski definition) is 5. The smallest absolute Gasteiger partial charge is 0.215 e. The maximum absolute atomic E-state index is 9.80. The van der Waals surface area contributed by atoms with Crippen molar-refractivity contribution in [3.8, 4) is 17.5 Å². The molecule has 0 saturated carbocycles. The van der Waals surface area contributed by atoms with Gasteiger partial charge >= 0.3 is 0 Å². The van der Waals surface area contributed by atoms with Gasteiger partial charge in [-0.25, -0.2) is 4.99 Å². The number of ether oxygens (including phenoxy) is 1. The molecule has 1 aliphatic heterocycles. The van der Waals surface area contributed by atoms with Gasteiger partial charge in [0.2, 0.25) is 5.88 Å². The van der Waals surface area contributed by atoms with Crippen molar-refractivity contribution < 1.29 is 14.9 Å². The molecule has 0 unspecified atom stereocenters. The fraction of sp³-hybridized carbons (Fsp3) is 0.267. The van der Waals surface area contributed by atoms with E-state index in [2.05, 4.69) is 9.98 Å². The summed E-state index contributed by atoms with van der Waals surface area (Å²) in [6.45, 7) is 4.45. The first kappa shape index (κ1) is 13.4. The molecule has 0 amide bonds. The second-order valence-electron chi connectivity index (χ2n) is 5.18. The number of aliphatic imine (C=N–C) groups is 1. The zero-order valence-electron chi connectivity index (χ0n) is 11.9. The molecule has 0 spiro atoms. The summed E-state index contributed by atoms with van der Waals surface area (Å²) in [4.78, 5) is 8.59. The van der Waals surface area contributed by atoms with Crippen LogP contribution >= 0.6 is 0 Å². The Kier molecular flexibility index (Phi) is 3.21. The molecule has 110 valence electrons. The Balaban J connectivity index is 1.96. The van der Waals surface area contributed by atoms with E-state index in [0.717, 1.165) is 17.0 Å². The number of hydrogen-bond donors (Lipinski definition) is 3. The summed E-state index contributed by atoms with van der Waals surface area (Å²) in [5, 5.41) is 19.2. The van der Waals surface area contributed by atoms with E-state index < -0.39 is 0 Å². The fourth-order valence-electron chi connectivity index (χ4n) is 2.33. The summed E-state index contributed by atoms with van der Waals surface area (Å²) in [6, 6.07) is 7.19. The lowest BCUT2D eigenvalue weighted by atomic mass is 10.1. The maximum atomic E-state index is 9.80. The Hall–Kier alpha value is -2.63. The van der Waals surface area contributed by atoms with Gasteiger partial charge in [-0.15, -0.1) is 0 Å². The molecule has 1 aliphatic rings. The highest BCUT2D eigenvalue weighted by Gasteiger charge is 2.21. The Bertz CT molecular complexity index is 691. The Morgan fingerprint density at radius 2 is 2.14 bits per heavy atom. The third-order valence-corrected chi connectivity index (χ3v) is 3.21. The highest BCUT2D eigenvalue weighted by molar-refractivity contribution is 5.87. The molecule has 6 heteroatoms. The van der Waals surface area contributed by atoms with E-state index in [-0.39, 0.29) is 17.9 Å². The lowest BCUT2D eigenvalue weighted by Crippen LogP contribution is -2.23. The van der Waals surface area contributed by atoms with Crippen LogP contribution in [0, 0.1) is 0 Å². The van der Waals surface area contributed by atoms with Crippen molar-refractivity contribution in [2.24, 2.45) is 4.99 Å². The van der Waals surface area contributed by atoms with Gasteiger partial charge in [-0.1, -0.05) is 6.07 Å². The molecular weight excluding hydrogens is 270 g/mol. The molecule has 21 heavy (non-hydrogen) atoms. The van der Waals surface area contributed by atoms with E-state index in [1.807, 2.05) is 32.0 Å². The van der Waals surface area contributed by atoms with Gasteiger partial charge in [0.05, 0.1) is 24.7 Å². The molecule has 0 saturated heterocycles. The number of aromatic amines is 1. The van der Waals surface area contributed by atoms with Crippen LogP contribution in [0.3, 0.4) is 0 Å². The summed E-state index contributed by atoms with van der Waals surface area (Å²) in [5.41, 5.74) is 2.28. The van der Waals surface area contributed by atoms with Gasteiger partial charge in [0, 0.05) is 11.6 Å². The molecule has 3 N–H and O–H groups in total. The number of benzene rings is 1. The lowest BCUT2D eigenvalue weighted by Gasteiger charge is -2.25. The topological polar surface area (TPSA) is 81.1 Å². The summed E-state index contributed by atoms with van der Waals surface area (Å²) < 4.78 is 5.81. The Morgan fingerprint density at radius 3 is 2.81 bits per heavy atom. The summed E-state index contributed by atoms with van der Waals surface area (Å²) >= 11 is 0. The molecule has 0 radical (unpaired) electrons. The van der Waals surface area contributed by atoms with Crippen molar-refractivity contribution >= 4 is 17.7 Å². The Morgan fingerprint density at radius 1 is 1.33 bits per heavy atom. The highest BCUT2D eigenvalue weighted by Crippen LogP contribution is 2.37. The molecule has 2 aromatic rings. The maximum Gasteiger partial charge on any atom is 0.215 e. The van der Waals surface area contributed by atoms with Gasteiger partial charge in [-0.05, 0) is 26.0 Å². The minimum Gasteiger partial charge on any atom is -0.494 e. The van der Waals surface area contributed by atoms with Crippen molar-refractivity contribution in [3.05, 3.63) is 29.8 Å². The van der Waals surface area contributed by atoms with Gasteiger partial charge in [0.25, 0.3) is 0 Å². The molecular formula is C15H17N3O3. The van der Waals surface area contributed by atoms with Crippen LogP contribution in [0.2, 0.25) is 0 Å². The fourth-order valence-corrected chi connectivity index (χ4v) is 2.33. The van der Waals surface area contributed by atoms with Crippen molar-refractivity contribution in [1.29, 1.82) is 0 Å². The van der Waals surface area contributed by atoms with Gasteiger partial charge in [0.15, 0.2) is 5.88 Å². The standard InChI is InChI=1S/C15H17N3O3/c1-9(2)21-13-5-3-4-11-10(13)7-18(8-16-11)12-6-14(19)17-15(12)20/h3-6,8-9,17,19-20H,7H2,1-2H3. The van der Waals surface area contributed by atoms with Crippen LogP contribution in [-0.4, -0.2) is 27.6 Å². The number of H-pyrrole nitrogens is 1. The zero-order chi connectivity index (χ0) is 15.0. The number of anilines is 1. The summed E-state index contributed by atoms with van der Waals surface area (Å²) in [6.07, 6.45) is 1.70. The number of nitrogens with zero attached hydrogens (tertiary/aromatic N) is 2. The molecule has 1 aromatic heterocycles. The minimum absolute atomic E-state index is 0.0700. The number of aromatic nitrogens is 1. The van der Waals surface area contributed by atoms with Crippen molar-refractivity contribution in [1.82, 2.24) is 4.98 Å². The monoisotopic (exact) mass is 287 g/mol. The third kappa shape index (κ3) is 2.52. The molecule has 0 aliphatic carbocycles. The van der Waals surface area contributed by atoms with Crippen molar-refractivity contribution in [2.45, 2.75) is 26.5 Å². The first-order valence-electron chi connectivity index (χ1n) is 6.75. The van der Waals surface area contributed by atoms with Crippen molar-refractivity contribution in [3.63, 3.8) is 0 Å². The van der Waals surface area contributed by atoms with Gasteiger partial charge in [-0.3, -0.25) is 4.98 Å². The first-order valence-corrected chi connectivity index (χ1v) is 6.75. The quantitative estimate of drug-likeness (QED) is 0.810. The van der Waals surface area contributed by atoms with Gasteiger partial charge in [-0.2, -0.15) is 0 Å². The summed E-state index contributed by atoms with van der Waals surface area (Å²) in [5.74, 6) is 0.599. The molecule has 0 fully saturated rings. The third-order valence-electron chi connectivity index (χ3n) is 3.21.